The molecule has 1 aromatic carbocycles. The molecule has 0 aromatic heterocycles. The van der Waals surface area contributed by atoms with E-state index in [4.69, 9.17) is 4.74 Å². The summed E-state index contributed by atoms with van der Waals surface area (Å²) in [5.41, 5.74) is 2.28. The first kappa shape index (κ1) is 17.3. The number of sulfone groups is 1. The maximum atomic E-state index is 11.9. The quantitative estimate of drug-likeness (QED) is 0.874. The molecule has 0 amide bonds. The second-order valence-corrected chi connectivity index (χ2v) is 8.44. The Labute approximate surface area is 134 Å². The molecule has 2 rings (SSSR count). The summed E-state index contributed by atoms with van der Waals surface area (Å²) in [7, 11) is -2.98. The number of hydrogen-bond donors (Lipinski definition) is 1. The van der Waals surface area contributed by atoms with Crippen LogP contribution in [0.5, 0.6) is 5.75 Å². The molecule has 2 atom stereocenters. The van der Waals surface area contributed by atoms with Crippen molar-refractivity contribution in [2.24, 2.45) is 0 Å². The summed E-state index contributed by atoms with van der Waals surface area (Å²) in [6, 6.07) is 6.21. The van der Waals surface area contributed by atoms with Crippen LogP contribution in [-0.4, -0.2) is 32.6 Å². The van der Waals surface area contributed by atoms with Gasteiger partial charge in [-0.1, -0.05) is 25.0 Å². The Morgan fingerprint density at radius 1 is 1.27 bits per heavy atom. The summed E-state index contributed by atoms with van der Waals surface area (Å²) in [5, 5.41) is 3.21. The van der Waals surface area contributed by atoms with Crippen LogP contribution in [0.15, 0.2) is 18.2 Å². The predicted octanol–water partition coefficient (Wildman–Crippen LogP) is 2.84. The lowest BCUT2D eigenvalue weighted by Gasteiger charge is -2.31. The van der Waals surface area contributed by atoms with Gasteiger partial charge in [0.05, 0.1) is 11.9 Å². The highest BCUT2D eigenvalue weighted by atomic mass is 32.2. The lowest BCUT2D eigenvalue weighted by atomic mass is 9.94. The van der Waals surface area contributed by atoms with Crippen molar-refractivity contribution in [2.45, 2.75) is 57.4 Å². The van der Waals surface area contributed by atoms with E-state index >= 15 is 0 Å². The molecule has 22 heavy (non-hydrogen) atoms. The normalized spacial score (nSPS) is 22.5. The molecule has 0 aliphatic heterocycles. The van der Waals surface area contributed by atoms with Gasteiger partial charge in [-0.05, 0) is 43.9 Å². The van der Waals surface area contributed by atoms with Crippen LogP contribution in [-0.2, 0) is 16.4 Å². The van der Waals surface area contributed by atoms with E-state index in [1.807, 2.05) is 26.0 Å². The van der Waals surface area contributed by atoms with Gasteiger partial charge in [0.25, 0.3) is 0 Å². The van der Waals surface area contributed by atoms with Gasteiger partial charge in [-0.25, -0.2) is 8.42 Å². The van der Waals surface area contributed by atoms with Crippen LogP contribution >= 0.6 is 0 Å². The second kappa shape index (κ2) is 7.47. The van der Waals surface area contributed by atoms with Crippen LogP contribution in [0.3, 0.4) is 0 Å². The lowest BCUT2D eigenvalue weighted by Crippen LogP contribution is -2.45. The number of nitrogens with one attached hydrogen (secondary N) is 1. The van der Waals surface area contributed by atoms with Gasteiger partial charge in [0, 0.05) is 18.8 Å². The fourth-order valence-corrected chi connectivity index (χ4v) is 4.65. The van der Waals surface area contributed by atoms with E-state index < -0.39 is 9.84 Å². The van der Waals surface area contributed by atoms with Gasteiger partial charge in [0.15, 0.2) is 9.84 Å². The van der Waals surface area contributed by atoms with Crippen molar-refractivity contribution in [3.05, 3.63) is 29.3 Å². The van der Waals surface area contributed by atoms with Gasteiger partial charge in [-0.15, -0.1) is 0 Å². The van der Waals surface area contributed by atoms with Crippen molar-refractivity contribution in [1.82, 2.24) is 5.32 Å². The topological polar surface area (TPSA) is 55.4 Å². The Hall–Kier alpha value is -1.07. The smallest absolute Gasteiger partial charge is 0.151 e. The first-order chi connectivity index (χ1) is 10.4. The number of hydrogen-bond acceptors (Lipinski definition) is 4. The molecule has 0 heterocycles. The molecule has 0 spiro atoms. The Bertz CT molecular complexity index is 598. The summed E-state index contributed by atoms with van der Waals surface area (Å²) < 4.78 is 29.4. The van der Waals surface area contributed by atoms with Crippen molar-refractivity contribution in [3.8, 4) is 5.75 Å². The van der Waals surface area contributed by atoms with Gasteiger partial charge in [-0.2, -0.15) is 0 Å². The summed E-state index contributed by atoms with van der Waals surface area (Å²) in [6.45, 7) is 5.37. The van der Waals surface area contributed by atoms with Crippen molar-refractivity contribution in [2.75, 3.05) is 12.9 Å². The van der Waals surface area contributed by atoms with E-state index in [-0.39, 0.29) is 11.3 Å². The minimum Gasteiger partial charge on any atom is -0.494 e. The Balaban J connectivity index is 2.00. The summed E-state index contributed by atoms with van der Waals surface area (Å²) in [4.78, 5) is 0. The Kier molecular flexibility index (Phi) is 5.87. The predicted molar refractivity (Wildman–Crippen MR) is 90.1 cm³/mol. The fourth-order valence-electron chi connectivity index (χ4n) is 3.23. The van der Waals surface area contributed by atoms with Crippen molar-refractivity contribution in [1.29, 1.82) is 0 Å². The summed E-state index contributed by atoms with van der Waals surface area (Å²) in [6.07, 6.45) is 5.19. The monoisotopic (exact) mass is 325 g/mol. The Morgan fingerprint density at radius 2 is 2.00 bits per heavy atom. The van der Waals surface area contributed by atoms with Gasteiger partial charge in [0.1, 0.15) is 5.75 Å². The van der Waals surface area contributed by atoms with Crippen molar-refractivity contribution in [3.63, 3.8) is 0 Å². The lowest BCUT2D eigenvalue weighted by molar-refractivity contribution is 0.337. The first-order valence-corrected chi connectivity index (χ1v) is 10.0. The highest BCUT2D eigenvalue weighted by molar-refractivity contribution is 7.91. The highest BCUT2D eigenvalue weighted by Gasteiger charge is 2.32. The molecule has 124 valence electrons. The van der Waals surface area contributed by atoms with Crippen LogP contribution in [0.2, 0.25) is 0 Å². The minimum atomic E-state index is -2.98. The molecular formula is C17H27NO3S. The molecule has 4 nitrogen and oxygen atoms in total. The average molecular weight is 325 g/mol. The van der Waals surface area contributed by atoms with Gasteiger partial charge in [-0.3, -0.25) is 0 Å². The zero-order valence-electron chi connectivity index (χ0n) is 13.8. The van der Waals surface area contributed by atoms with Crippen LogP contribution in [0.4, 0.5) is 0 Å². The van der Waals surface area contributed by atoms with E-state index in [9.17, 15) is 8.42 Å². The SMILES string of the molecule is CCOc1ccc(CN[C@H]2CCCC[C@H]2S(C)(=O)=O)cc1C. The number of benzene rings is 1. The highest BCUT2D eigenvalue weighted by Crippen LogP contribution is 2.25. The van der Waals surface area contributed by atoms with Crippen LogP contribution < -0.4 is 10.1 Å². The number of ether oxygens (including phenoxy) is 1. The number of aryl methyl sites for hydroxylation is 1. The van der Waals surface area contributed by atoms with Crippen LogP contribution in [0.1, 0.15) is 43.7 Å². The van der Waals surface area contributed by atoms with Crippen LogP contribution in [0, 0.1) is 6.92 Å². The molecule has 1 N–H and O–H groups in total. The molecule has 0 unspecified atom stereocenters. The van der Waals surface area contributed by atoms with Crippen LogP contribution in [0.25, 0.3) is 0 Å². The maximum absolute atomic E-state index is 11.9. The van der Waals surface area contributed by atoms with E-state index in [2.05, 4.69) is 11.4 Å². The molecule has 0 bridgehead atoms. The zero-order chi connectivity index (χ0) is 16.2. The van der Waals surface area contributed by atoms with Crippen molar-refractivity contribution < 1.29 is 13.2 Å². The molecule has 1 aliphatic rings. The number of rotatable bonds is 6. The molecule has 5 heteroatoms. The second-order valence-electron chi connectivity index (χ2n) is 6.17. The molecule has 0 saturated heterocycles. The minimum absolute atomic E-state index is 0.0654. The first-order valence-electron chi connectivity index (χ1n) is 8.06. The van der Waals surface area contributed by atoms with E-state index in [0.717, 1.165) is 37.0 Å². The van der Waals surface area contributed by atoms with E-state index in [0.29, 0.717) is 13.2 Å². The molecule has 1 fully saturated rings. The van der Waals surface area contributed by atoms with Crippen molar-refractivity contribution >= 4 is 9.84 Å². The largest absolute Gasteiger partial charge is 0.494 e. The zero-order valence-corrected chi connectivity index (χ0v) is 14.6. The maximum Gasteiger partial charge on any atom is 0.151 e. The summed E-state index contributed by atoms with van der Waals surface area (Å²) in [5.74, 6) is 0.915. The molecular weight excluding hydrogens is 298 g/mol. The average Bonchev–Trinajstić information content (AvgIpc) is 2.47. The molecule has 1 saturated carbocycles. The standard InChI is InChI=1S/C17H27NO3S/c1-4-21-16-10-9-14(11-13(16)2)12-18-15-7-5-6-8-17(15)22(3,19)20/h9-11,15,17-18H,4-8,12H2,1-3H3/t15-,17+/m0/s1. The van der Waals surface area contributed by atoms with Gasteiger partial charge in [0.2, 0.25) is 0 Å². The molecule has 1 aliphatic carbocycles. The van der Waals surface area contributed by atoms with E-state index in [1.54, 1.807) is 0 Å². The molecule has 1 aromatic rings. The fraction of sp³-hybridized carbons (Fsp3) is 0.647. The van der Waals surface area contributed by atoms with Gasteiger partial charge >= 0.3 is 0 Å². The summed E-state index contributed by atoms with van der Waals surface area (Å²) >= 11 is 0. The third-order valence-corrected chi connectivity index (χ3v) is 6.02. The Morgan fingerprint density at radius 3 is 2.64 bits per heavy atom. The van der Waals surface area contributed by atoms with Gasteiger partial charge < -0.3 is 10.1 Å². The van der Waals surface area contributed by atoms with E-state index in [1.165, 1.54) is 11.8 Å². The molecule has 0 radical (unpaired) electrons. The third-order valence-electron chi connectivity index (χ3n) is 4.36. The third kappa shape index (κ3) is 4.46.